The van der Waals surface area contributed by atoms with Crippen molar-refractivity contribution in [1.29, 1.82) is 0 Å². The summed E-state index contributed by atoms with van der Waals surface area (Å²) in [7, 11) is 6.24. The maximum absolute atomic E-state index is 6.65. The summed E-state index contributed by atoms with van der Waals surface area (Å²) in [5.74, 6) is 2.19. The largest absolute Gasteiger partial charge is 0.488 e. The fraction of sp³-hybridized carbons (Fsp3) is 0.347. The van der Waals surface area contributed by atoms with Crippen molar-refractivity contribution in [3.05, 3.63) is 119 Å². The molecule has 0 spiro atoms. The van der Waals surface area contributed by atoms with Gasteiger partial charge in [-0.15, -0.1) is 0 Å². The first kappa shape index (κ1) is 40.8. The van der Waals surface area contributed by atoms with Gasteiger partial charge in [-0.3, -0.25) is 0 Å². The van der Waals surface area contributed by atoms with E-state index in [9.17, 15) is 0 Å². The fourth-order valence-corrected chi connectivity index (χ4v) is 11.4. The van der Waals surface area contributed by atoms with E-state index in [1.807, 2.05) is 30.6 Å². The number of para-hydroxylation sites is 2. The zero-order valence-electron chi connectivity index (χ0n) is 32.5. The van der Waals surface area contributed by atoms with Crippen LogP contribution < -0.4 is 5.32 Å². The van der Waals surface area contributed by atoms with Gasteiger partial charge < -0.3 is 28.8 Å². The molecule has 0 aliphatic carbocycles. The predicted octanol–water partition coefficient (Wildman–Crippen LogP) is 12.4. The Labute approximate surface area is 348 Å². The third-order valence-electron chi connectivity index (χ3n) is 11.0. The van der Waals surface area contributed by atoms with E-state index in [4.69, 9.17) is 9.47 Å². The maximum atomic E-state index is 6.65. The number of nitrogens with zero attached hydrogens (tertiary/aromatic N) is 3. The fourth-order valence-electron chi connectivity index (χ4n) is 8.85. The molecule has 10 rings (SSSR count). The summed E-state index contributed by atoms with van der Waals surface area (Å²) in [4.78, 5) is 4.89. The maximum Gasteiger partial charge on any atom is 0.134 e. The molecule has 4 aliphatic heterocycles. The molecule has 6 aromatic rings. The molecule has 2 unspecified atom stereocenters. The first-order valence-corrected chi connectivity index (χ1v) is 21.5. The van der Waals surface area contributed by atoms with Gasteiger partial charge in [0.15, 0.2) is 0 Å². The van der Waals surface area contributed by atoms with Crippen LogP contribution in [0, 0.1) is 0 Å². The second kappa shape index (κ2) is 17.3. The first-order chi connectivity index (χ1) is 27.0. The SMILES string of the molecule is C.C.CCCn1c2c(c3ccccc31)C1=C(CC(CN(C)C)O1)c1ccccc1S2.CCCn1c2c(c3ccccc31)C1=C(CC(CNC)O1)c1ccccc1S2. The number of hydrogen-bond donors (Lipinski definition) is 1. The van der Waals surface area contributed by atoms with Gasteiger partial charge in [-0.25, -0.2) is 0 Å². The van der Waals surface area contributed by atoms with Crippen molar-refractivity contribution >= 4 is 68.0 Å². The molecule has 0 bridgehead atoms. The van der Waals surface area contributed by atoms with Gasteiger partial charge in [0.2, 0.25) is 0 Å². The number of ether oxygens (including phenoxy) is 2. The summed E-state index contributed by atoms with van der Waals surface area (Å²) in [6.07, 6.45) is 4.55. The molecule has 8 heteroatoms. The summed E-state index contributed by atoms with van der Waals surface area (Å²) >= 11 is 3.79. The van der Waals surface area contributed by atoms with Crippen LogP contribution in [0.5, 0.6) is 0 Å². The molecule has 57 heavy (non-hydrogen) atoms. The van der Waals surface area contributed by atoms with Gasteiger partial charge >= 0.3 is 0 Å². The zero-order chi connectivity index (χ0) is 37.6. The van der Waals surface area contributed by atoms with E-state index in [1.54, 1.807) is 0 Å². The average Bonchev–Trinajstić information content (AvgIpc) is 3.91. The van der Waals surface area contributed by atoms with Gasteiger partial charge in [0.1, 0.15) is 23.7 Å². The number of hydrogen-bond acceptors (Lipinski definition) is 6. The highest BCUT2D eigenvalue weighted by Crippen LogP contribution is 2.54. The third kappa shape index (κ3) is 7.24. The van der Waals surface area contributed by atoms with E-state index in [1.165, 1.54) is 75.0 Å². The van der Waals surface area contributed by atoms with E-state index in [-0.39, 0.29) is 27.1 Å². The minimum absolute atomic E-state index is 0. The second-order valence-corrected chi connectivity index (χ2v) is 17.3. The Bertz CT molecular complexity index is 2470. The minimum atomic E-state index is 0. The van der Waals surface area contributed by atoms with E-state index >= 15 is 0 Å². The van der Waals surface area contributed by atoms with Crippen LogP contribution in [0.4, 0.5) is 0 Å². The zero-order valence-corrected chi connectivity index (χ0v) is 34.2. The summed E-state index contributed by atoms with van der Waals surface area (Å²) in [6.45, 7) is 8.34. The van der Waals surface area contributed by atoms with Crippen molar-refractivity contribution in [1.82, 2.24) is 19.4 Å². The molecule has 2 aromatic heterocycles. The van der Waals surface area contributed by atoms with Crippen LogP contribution in [0.2, 0.25) is 0 Å². The normalized spacial score (nSPS) is 17.4. The van der Waals surface area contributed by atoms with Crippen molar-refractivity contribution in [3.8, 4) is 0 Å². The van der Waals surface area contributed by atoms with Gasteiger partial charge in [0.05, 0.1) is 21.2 Å². The van der Waals surface area contributed by atoms with Gasteiger partial charge in [-0.05, 0) is 69.4 Å². The summed E-state index contributed by atoms with van der Waals surface area (Å²) in [6, 6.07) is 35.2. The van der Waals surface area contributed by atoms with Crippen LogP contribution >= 0.6 is 23.5 Å². The number of fused-ring (bicyclic) bond motifs is 12. The Hall–Kier alpha value is -4.34. The van der Waals surface area contributed by atoms with E-state index < -0.39 is 0 Å². The molecule has 4 aromatic carbocycles. The molecule has 0 amide bonds. The minimum Gasteiger partial charge on any atom is -0.488 e. The van der Waals surface area contributed by atoms with Gasteiger partial charge in [0.25, 0.3) is 0 Å². The molecular formula is C49H58N4O2S2. The van der Waals surface area contributed by atoms with Crippen LogP contribution in [0.25, 0.3) is 44.5 Å². The lowest BCUT2D eigenvalue weighted by molar-refractivity contribution is 0.151. The number of rotatable bonds is 8. The number of aromatic nitrogens is 2. The summed E-state index contributed by atoms with van der Waals surface area (Å²) in [5, 5.41) is 8.54. The number of aryl methyl sites for hydroxylation is 2. The number of nitrogens with one attached hydrogen (secondary N) is 1. The molecule has 0 fully saturated rings. The highest BCUT2D eigenvalue weighted by atomic mass is 32.2. The van der Waals surface area contributed by atoms with Crippen molar-refractivity contribution in [2.24, 2.45) is 0 Å². The Morgan fingerprint density at radius 3 is 1.54 bits per heavy atom. The van der Waals surface area contributed by atoms with Crippen LogP contribution in [0.1, 0.15) is 76.6 Å². The topological polar surface area (TPSA) is 43.6 Å². The highest BCUT2D eigenvalue weighted by Gasteiger charge is 2.37. The smallest absolute Gasteiger partial charge is 0.134 e. The quantitative estimate of drug-likeness (QED) is 0.165. The van der Waals surface area contributed by atoms with Crippen molar-refractivity contribution in [3.63, 3.8) is 0 Å². The van der Waals surface area contributed by atoms with E-state index in [2.05, 4.69) is 144 Å². The molecule has 6 heterocycles. The van der Waals surface area contributed by atoms with E-state index in [0.717, 1.165) is 63.4 Å². The molecule has 6 nitrogen and oxygen atoms in total. The Morgan fingerprint density at radius 2 is 1.07 bits per heavy atom. The molecule has 298 valence electrons. The highest BCUT2D eigenvalue weighted by molar-refractivity contribution is 7.99. The third-order valence-corrected chi connectivity index (χ3v) is 13.4. The first-order valence-electron chi connectivity index (χ1n) is 19.9. The Kier molecular flexibility index (Phi) is 12.4. The molecule has 0 radical (unpaired) electrons. The molecule has 4 aliphatic rings. The molecule has 2 atom stereocenters. The van der Waals surface area contributed by atoms with E-state index in [0.29, 0.717) is 0 Å². The van der Waals surface area contributed by atoms with Crippen LogP contribution in [0.15, 0.2) is 117 Å². The Morgan fingerprint density at radius 1 is 0.632 bits per heavy atom. The molecule has 0 saturated heterocycles. The lowest BCUT2D eigenvalue weighted by Crippen LogP contribution is -2.25. The number of likely N-dealkylation sites (N-methyl/N-ethyl adjacent to an activating group) is 2. The van der Waals surface area contributed by atoms with Gasteiger partial charge in [-0.2, -0.15) is 0 Å². The lowest BCUT2D eigenvalue weighted by Gasteiger charge is -2.18. The van der Waals surface area contributed by atoms with Crippen LogP contribution in [-0.4, -0.2) is 60.5 Å². The van der Waals surface area contributed by atoms with Gasteiger partial charge in [0, 0.05) is 81.8 Å². The lowest BCUT2D eigenvalue weighted by atomic mass is 9.98. The van der Waals surface area contributed by atoms with Crippen molar-refractivity contribution in [2.75, 3.05) is 34.2 Å². The summed E-state index contributed by atoms with van der Waals surface area (Å²) < 4.78 is 18.2. The predicted molar refractivity (Wildman–Crippen MR) is 244 cm³/mol. The molecule has 1 N–H and O–H groups in total. The molecular weight excluding hydrogens is 741 g/mol. The van der Waals surface area contributed by atoms with Crippen LogP contribution in [-0.2, 0) is 22.6 Å². The summed E-state index contributed by atoms with van der Waals surface area (Å²) in [5.41, 5.74) is 10.6. The number of benzene rings is 4. The van der Waals surface area contributed by atoms with Crippen LogP contribution in [0.3, 0.4) is 0 Å². The molecule has 0 saturated carbocycles. The second-order valence-electron chi connectivity index (χ2n) is 15.2. The average molecular weight is 799 g/mol. The standard InChI is InChI=1S/C24H26N2OS.C23H24N2OS.2CH4/c1-4-13-26-20-11-7-5-10-18(20)22-23-19(14-16(27-23)15-25(2)3)17-9-6-8-12-21(17)28-24(22)26;1-3-12-25-19-10-6-4-9-17(19)21-22-18(13-15(26-22)14-24-2)16-8-5-7-11-20(16)27-23(21)25;;/h5-12,16H,4,13-15H2,1-3H3;4-11,15,24H,3,12-14H2,1-2H3;2*1H4. The van der Waals surface area contributed by atoms with Crippen molar-refractivity contribution in [2.45, 2.75) is 99.5 Å². The van der Waals surface area contributed by atoms with Crippen molar-refractivity contribution < 1.29 is 9.47 Å². The van der Waals surface area contributed by atoms with Gasteiger partial charge in [-0.1, -0.05) is 125 Å². The monoisotopic (exact) mass is 798 g/mol. The Balaban J connectivity index is 0.000000168.